The maximum atomic E-state index is 12.1. The van der Waals surface area contributed by atoms with Gasteiger partial charge in [-0.05, 0) is 18.6 Å². The van der Waals surface area contributed by atoms with Crippen molar-refractivity contribution in [3.8, 4) is 0 Å². The van der Waals surface area contributed by atoms with Crippen molar-refractivity contribution in [2.75, 3.05) is 6.54 Å². The third-order valence-corrected chi connectivity index (χ3v) is 2.98. The van der Waals surface area contributed by atoms with Gasteiger partial charge in [0, 0.05) is 18.2 Å². The Morgan fingerprint density at radius 3 is 2.54 bits per heavy atom. The zero-order valence-electron chi connectivity index (χ0n) is 13.8. The Balaban J connectivity index is 2.78. The third kappa shape index (κ3) is 7.21. The Hall–Kier alpha value is -3.16. The van der Waals surface area contributed by atoms with Crippen LogP contribution in [0, 0.1) is 0 Å². The minimum atomic E-state index is -0.248. The number of hydrogen-bond acceptors (Lipinski definition) is 2. The van der Waals surface area contributed by atoms with E-state index in [9.17, 15) is 9.59 Å². The lowest BCUT2D eigenvalue weighted by Crippen LogP contribution is -2.22. The van der Waals surface area contributed by atoms with Crippen molar-refractivity contribution in [1.82, 2.24) is 5.32 Å². The van der Waals surface area contributed by atoms with Crippen LogP contribution in [0.4, 0.5) is 0 Å². The molecule has 1 N–H and O–H groups in total. The summed E-state index contributed by atoms with van der Waals surface area (Å²) in [6.07, 6.45) is 9.82. The Bertz CT molecular complexity index is 730. The van der Waals surface area contributed by atoms with Crippen LogP contribution in [0.25, 0.3) is 0 Å². The fourth-order valence-corrected chi connectivity index (χ4v) is 1.86. The molecule has 1 aromatic carbocycles. The Morgan fingerprint density at radius 2 is 1.92 bits per heavy atom. The van der Waals surface area contributed by atoms with Gasteiger partial charge < -0.3 is 5.32 Å². The number of ketones is 1. The Labute approximate surface area is 143 Å². The van der Waals surface area contributed by atoms with Crippen molar-refractivity contribution in [2.45, 2.75) is 6.92 Å². The monoisotopic (exact) mass is 319 g/mol. The maximum Gasteiger partial charge on any atom is 0.251 e. The number of amides is 1. The molecular formula is C21H21NO2. The first-order valence-corrected chi connectivity index (χ1v) is 7.48. The summed E-state index contributed by atoms with van der Waals surface area (Å²) in [7, 11) is 0. The first-order chi connectivity index (χ1) is 11.6. The molecule has 0 saturated carbocycles. The van der Waals surface area contributed by atoms with Gasteiger partial charge in [0.05, 0.1) is 0 Å². The number of benzene rings is 1. The summed E-state index contributed by atoms with van der Waals surface area (Å²) in [5.74, 6) is -0.317. The van der Waals surface area contributed by atoms with E-state index < -0.39 is 0 Å². The van der Waals surface area contributed by atoms with Gasteiger partial charge in [0.2, 0.25) is 0 Å². The normalized spacial score (nSPS) is 11.7. The molecule has 1 amide bonds. The second-order valence-electron chi connectivity index (χ2n) is 5.02. The van der Waals surface area contributed by atoms with Crippen LogP contribution in [-0.4, -0.2) is 18.2 Å². The molecule has 0 heterocycles. The lowest BCUT2D eigenvalue weighted by molar-refractivity contribution is -0.116. The highest BCUT2D eigenvalue weighted by Crippen LogP contribution is 2.07. The van der Waals surface area contributed by atoms with Gasteiger partial charge in [0.25, 0.3) is 5.91 Å². The molecule has 0 fully saturated rings. The van der Waals surface area contributed by atoms with Gasteiger partial charge in [-0.15, -0.1) is 5.73 Å². The van der Waals surface area contributed by atoms with Crippen LogP contribution in [0.3, 0.4) is 0 Å². The summed E-state index contributed by atoms with van der Waals surface area (Å²) in [6.45, 7) is 9.31. The molecule has 3 nitrogen and oxygen atoms in total. The average molecular weight is 319 g/mol. The van der Waals surface area contributed by atoms with Crippen molar-refractivity contribution in [2.24, 2.45) is 0 Å². The zero-order valence-corrected chi connectivity index (χ0v) is 13.8. The smallest absolute Gasteiger partial charge is 0.251 e. The molecule has 122 valence electrons. The van der Waals surface area contributed by atoms with Crippen LogP contribution < -0.4 is 5.32 Å². The molecule has 0 aliphatic carbocycles. The van der Waals surface area contributed by atoms with Crippen LogP contribution in [0.5, 0.6) is 0 Å². The van der Waals surface area contributed by atoms with Crippen molar-refractivity contribution >= 4 is 11.7 Å². The van der Waals surface area contributed by atoms with Gasteiger partial charge in [-0.3, -0.25) is 9.59 Å². The molecule has 0 aliphatic rings. The molecule has 0 aromatic heterocycles. The van der Waals surface area contributed by atoms with Crippen LogP contribution >= 0.6 is 0 Å². The zero-order chi connectivity index (χ0) is 17.8. The van der Waals surface area contributed by atoms with Crippen LogP contribution in [0.1, 0.15) is 17.3 Å². The summed E-state index contributed by atoms with van der Waals surface area (Å²) >= 11 is 0. The number of carbonyl (C=O) groups excluding carboxylic acids is 2. The van der Waals surface area contributed by atoms with E-state index >= 15 is 0 Å². The van der Waals surface area contributed by atoms with E-state index in [0.29, 0.717) is 12.1 Å². The molecule has 0 unspecified atom stereocenters. The molecule has 0 saturated heterocycles. The summed E-state index contributed by atoms with van der Waals surface area (Å²) in [5, 5.41) is 2.71. The average Bonchev–Trinajstić information content (AvgIpc) is 2.59. The Kier molecular flexibility index (Phi) is 8.30. The maximum absolute atomic E-state index is 12.1. The third-order valence-electron chi connectivity index (χ3n) is 2.98. The number of rotatable bonds is 8. The van der Waals surface area contributed by atoms with Crippen molar-refractivity contribution in [3.05, 3.63) is 102 Å². The topological polar surface area (TPSA) is 46.2 Å². The molecule has 1 aromatic rings. The number of allylic oxidation sites excluding steroid dienone is 6. The minimum absolute atomic E-state index is 0.0685. The lowest BCUT2D eigenvalue weighted by Gasteiger charge is -2.03. The fourth-order valence-electron chi connectivity index (χ4n) is 1.86. The van der Waals surface area contributed by atoms with Gasteiger partial charge in [-0.1, -0.05) is 73.4 Å². The number of carbonyl (C=O) groups is 2. The second-order valence-corrected chi connectivity index (χ2v) is 5.02. The SMILES string of the molecule is C=C=CC(=O)NCC(C)=CC(C=CC(=O)c1ccccc1)=CC=C. The van der Waals surface area contributed by atoms with E-state index in [4.69, 9.17) is 0 Å². The second kappa shape index (κ2) is 10.5. The molecule has 0 aliphatic heterocycles. The van der Waals surface area contributed by atoms with Crippen molar-refractivity contribution in [3.63, 3.8) is 0 Å². The molecule has 3 heteroatoms. The summed E-state index contributed by atoms with van der Waals surface area (Å²) in [4.78, 5) is 23.4. The van der Waals surface area contributed by atoms with E-state index in [2.05, 4.69) is 24.2 Å². The summed E-state index contributed by atoms with van der Waals surface area (Å²) in [6, 6.07) is 9.06. The first kappa shape index (κ1) is 18.9. The van der Waals surface area contributed by atoms with Crippen molar-refractivity contribution in [1.29, 1.82) is 0 Å². The summed E-state index contributed by atoms with van der Waals surface area (Å²) in [5.41, 5.74) is 4.81. The predicted octanol–water partition coefficient (Wildman–Crippen LogP) is 3.94. The Morgan fingerprint density at radius 1 is 1.21 bits per heavy atom. The van der Waals surface area contributed by atoms with Crippen LogP contribution in [0.15, 0.2) is 96.8 Å². The van der Waals surface area contributed by atoms with Gasteiger partial charge in [0.15, 0.2) is 5.78 Å². The van der Waals surface area contributed by atoms with E-state index in [1.165, 1.54) is 12.2 Å². The molecule has 1 rings (SSSR count). The van der Waals surface area contributed by atoms with Gasteiger partial charge in [0.1, 0.15) is 0 Å². The molecule has 0 radical (unpaired) electrons. The molecule has 24 heavy (non-hydrogen) atoms. The van der Waals surface area contributed by atoms with Gasteiger partial charge in [-0.25, -0.2) is 0 Å². The molecular weight excluding hydrogens is 298 g/mol. The highest BCUT2D eigenvalue weighted by atomic mass is 16.1. The van der Waals surface area contributed by atoms with E-state index in [0.717, 1.165) is 11.1 Å². The molecule has 0 atom stereocenters. The van der Waals surface area contributed by atoms with Gasteiger partial charge >= 0.3 is 0 Å². The number of nitrogens with one attached hydrogen (secondary N) is 1. The first-order valence-electron chi connectivity index (χ1n) is 7.48. The standard InChI is InChI=1S/C21H21NO2/c1-4-9-18(15-17(3)16-22-21(24)10-5-2)13-14-20(23)19-11-7-6-8-12-19/h4,6-15H,1-2,16H2,3H3,(H,22,24). The minimum Gasteiger partial charge on any atom is -0.348 e. The summed E-state index contributed by atoms with van der Waals surface area (Å²) < 4.78 is 0. The van der Waals surface area contributed by atoms with E-state index in [-0.39, 0.29) is 11.7 Å². The largest absolute Gasteiger partial charge is 0.348 e. The van der Waals surface area contributed by atoms with Gasteiger partial charge in [-0.2, -0.15) is 0 Å². The van der Waals surface area contributed by atoms with E-state index in [1.54, 1.807) is 30.4 Å². The number of hydrogen-bond donors (Lipinski definition) is 1. The molecule has 0 bridgehead atoms. The van der Waals surface area contributed by atoms with Crippen molar-refractivity contribution < 1.29 is 9.59 Å². The highest BCUT2D eigenvalue weighted by molar-refractivity contribution is 6.04. The predicted molar refractivity (Wildman–Crippen MR) is 98.7 cm³/mol. The lowest BCUT2D eigenvalue weighted by atomic mass is 10.1. The van der Waals surface area contributed by atoms with Crippen LogP contribution in [0.2, 0.25) is 0 Å². The van der Waals surface area contributed by atoms with E-state index in [1.807, 2.05) is 31.2 Å². The quantitative estimate of drug-likeness (QED) is 0.341. The molecule has 0 spiro atoms. The highest BCUT2D eigenvalue weighted by Gasteiger charge is 2.00. The van der Waals surface area contributed by atoms with Crippen LogP contribution in [-0.2, 0) is 4.79 Å². The fraction of sp³-hybridized carbons (Fsp3) is 0.0952.